The third-order valence-corrected chi connectivity index (χ3v) is 4.90. The second-order valence-electron chi connectivity index (χ2n) is 7.33. The number of aromatic amines is 1. The number of fused-ring (bicyclic) bond motifs is 1. The molecule has 8 heteroatoms. The first-order valence-corrected chi connectivity index (χ1v) is 9.54. The normalized spacial score (nSPS) is 15.1. The molecule has 0 saturated carbocycles. The maximum Gasteiger partial charge on any atom is 0.258 e. The lowest BCUT2D eigenvalue weighted by Gasteiger charge is -2.23. The number of anilines is 4. The molecule has 30 heavy (non-hydrogen) atoms. The Bertz CT molecular complexity index is 1170. The van der Waals surface area contributed by atoms with E-state index in [2.05, 4.69) is 25.9 Å². The van der Waals surface area contributed by atoms with Crippen LogP contribution in [0.1, 0.15) is 29.0 Å². The first kappa shape index (κ1) is 19.4. The zero-order valence-electron chi connectivity index (χ0n) is 16.6. The second-order valence-corrected chi connectivity index (χ2v) is 7.33. The summed E-state index contributed by atoms with van der Waals surface area (Å²) in [5.41, 5.74) is 3.17. The number of H-pyrrole nitrogens is 1. The molecule has 0 spiro atoms. The Morgan fingerprint density at radius 1 is 0.967 bits per heavy atom. The molecule has 0 fully saturated rings. The van der Waals surface area contributed by atoms with E-state index in [1.165, 1.54) is 0 Å². The number of hydrogen-bond donors (Lipinski definition) is 4. The number of carbonyl (C=O) groups excluding carboxylic acids is 2. The van der Waals surface area contributed by atoms with Crippen LogP contribution in [0.25, 0.3) is 0 Å². The van der Waals surface area contributed by atoms with Crippen LogP contribution in [0.5, 0.6) is 0 Å². The van der Waals surface area contributed by atoms with Crippen LogP contribution < -0.4 is 21.5 Å². The summed E-state index contributed by atoms with van der Waals surface area (Å²) >= 11 is 0. The quantitative estimate of drug-likeness (QED) is 0.534. The topological polar surface area (TPSA) is 116 Å². The third kappa shape index (κ3) is 4.07. The predicted molar refractivity (Wildman–Crippen MR) is 115 cm³/mol. The van der Waals surface area contributed by atoms with E-state index in [1.807, 2.05) is 50.2 Å². The molecule has 2 amide bonds. The lowest BCUT2D eigenvalue weighted by molar-refractivity contribution is -0.123. The van der Waals surface area contributed by atoms with Crippen molar-refractivity contribution in [1.82, 2.24) is 9.97 Å². The van der Waals surface area contributed by atoms with E-state index in [1.54, 1.807) is 12.1 Å². The largest absolute Gasteiger partial charge is 0.326 e. The summed E-state index contributed by atoms with van der Waals surface area (Å²) in [4.78, 5) is 44.8. The van der Waals surface area contributed by atoms with Gasteiger partial charge in [0.1, 0.15) is 5.82 Å². The maximum absolute atomic E-state index is 12.8. The van der Waals surface area contributed by atoms with Gasteiger partial charge in [0.05, 0.1) is 11.5 Å². The highest BCUT2D eigenvalue weighted by Crippen LogP contribution is 2.30. The van der Waals surface area contributed by atoms with Crippen LogP contribution in [0.2, 0.25) is 0 Å². The van der Waals surface area contributed by atoms with Gasteiger partial charge in [-0.2, -0.15) is 4.98 Å². The van der Waals surface area contributed by atoms with Crippen LogP contribution in [-0.2, 0) is 9.59 Å². The molecule has 1 atom stereocenters. The van der Waals surface area contributed by atoms with E-state index in [0.717, 1.165) is 16.8 Å². The van der Waals surface area contributed by atoms with E-state index < -0.39 is 17.4 Å². The highest BCUT2D eigenvalue weighted by atomic mass is 16.2. The summed E-state index contributed by atoms with van der Waals surface area (Å²) < 4.78 is 0. The van der Waals surface area contributed by atoms with Crippen molar-refractivity contribution in [1.29, 1.82) is 0 Å². The fraction of sp³-hybridized carbons (Fsp3) is 0.182. The van der Waals surface area contributed by atoms with Crippen molar-refractivity contribution in [3.63, 3.8) is 0 Å². The summed E-state index contributed by atoms with van der Waals surface area (Å²) in [5.74, 6) is -1.46. The fourth-order valence-electron chi connectivity index (χ4n) is 3.29. The summed E-state index contributed by atoms with van der Waals surface area (Å²) in [6, 6.07) is 14.8. The van der Waals surface area contributed by atoms with Crippen molar-refractivity contribution < 1.29 is 9.59 Å². The molecule has 2 aromatic carbocycles. The van der Waals surface area contributed by atoms with Gasteiger partial charge in [-0.25, -0.2) is 0 Å². The standard InChI is InChI=1S/C22H21N5O3/c1-12-3-7-14(8-4-12)23-20(29)16-11-17(28)25-19-18(16)21(30)27-22(26-19)24-15-9-5-13(2)6-10-15/h3-10,16H,11H2,1-2H3,(H,23,29)(H3,24,25,26,27,28,30)/t16-/m0/s1. The van der Waals surface area contributed by atoms with E-state index in [9.17, 15) is 14.4 Å². The lowest BCUT2D eigenvalue weighted by Crippen LogP contribution is -2.36. The maximum atomic E-state index is 12.8. The Morgan fingerprint density at radius 2 is 1.57 bits per heavy atom. The monoisotopic (exact) mass is 403 g/mol. The molecule has 4 N–H and O–H groups in total. The molecule has 1 aromatic heterocycles. The molecule has 8 nitrogen and oxygen atoms in total. The number of carbonyl (C=O) groups is 2. The molecule has 0 unspecified atom stereocenters. The predicted octanol–water partition coefficient (Wildman–Crippen LogP) is 3.19. The van der Waals surface area contributed by atoms with Crippen molar-refractivity contribution in [2.24, 2.45) is 0 Å². The first-order chi connectivity index (χ1) is 14.4. The van der Waals surface area contributed by atoms with Gasteiger partial charge in [0.15, 0.2) is 0 Å². The zero-order chi connectivity index (χ0) is 21.3. The average molecular weight is 403 g/mol. The van der Waals surface area contributed by atoms with Crippen molar-refractivity contribution in [3.05, 3.63) is 75.6 Å². The van der Waals surface area contributed by atoms with Crippen LogP contribution >= 0.6 is 0 Å². The molecule has 2 heterocycles. The number of benzene rings is 2. The lowest BCUT2D eigenvalue weighted by atomic mass is 9.92. The number of hydrogen-bond acceptors (Lipinski definition) is 5. The Balaban J connectivity index is 1.62. The molecule has 0 radical (unpaired) electrons. The van der Waals surface area contributed by atoms with Crippen LogP contribution in [-0.4, -0.2) is 21.8 Å². The molecule has 1 aliphatic rings. The smallest absolute Gasteiger partial charge is 0.258 e. The highest BCUT2D eigenvalue weighted by molar-refractivity contribution is 6.04. The van der Waals surface area contributed by atoms with Crippen molar-refractivity contribution >= 4 is 35.0 Å². The molecular formula is C22H21N5O3. The van der Waals surface area contributed by atoms with Gasteiger partial charge < -0.3 is 16.0 Å². The van der Waals surface area contributed by atoms with Crippen molar-refractivity contribution in [2.75, 3.05) is 16.0 Å². The number of aryl methyl sites for hydroxylation is 2. The number of amides is 2. The summed E-state index contributed by atoms with van der Waals surface area (Å²) in [6.07, 6.45) is -0.125. The Morgan fingerprint density at radius 3 is 2.20 bits per heavy atom. The summed E-state index contributed by atoms with van der Waals surface area (Å²) in [5, 5.41) is 8.38. The molecular weight excluding hydrogens is 382 g/mol. The highest BCUT2D eigenvalue weighted by Gasteiger charge is 2.34. The minimum Gasteiger partial charge on any atom is -0.326 e. The molecule has 0 bridgehead atoms. The van der Waals surface area contributed by atoms with Gasteiger partial charge in [-0.15, -0.1) is 0 Å². The molecule has 1 aliphatic heterocycles. The number of aromatic nitrogens is 2. The minimum absolute atomic E-state index is 0.0914. The molecule has 3 aromatic rings. The zero-order valence-corrected chi connectivity index (χ0v) is 16.6. The molecule has 0 aliphatic carbocycles. The van der Waals surface area contributed by atoms with Gasteiger partial charge in [0.2, 0.25) is 17.8 Å². The van der Waals surface area contributed by atoms with Gasteiger partial charge in [0.25, 0.3) is 5.56 Å². The van der Waals surface area contributed by atoms with Gasteiger partial charge in [-0.3, -0.25) is 19.4 Å². The number of rotatable bonds is 4. The molecule has 4 rings (SSSR count). The summed E-state index contributed by atoms with van der Waals surface area (Å²) in [7, 11) is 0. The van der Waals surface area contributed by atoms with E-state index in [-0.39, 0.29) is 29.7 Å². The summed E-state index contributed by atoms with van der Waals surface area (Å²) in [6.45, 7) is 3.92. The van der Waals surface area contributed by atoms with Gasteiger partial charge >= 0.3 is 0 Å². The van der Waals surface area contributed by atoms with Crippen LogP contribution in [0, 0.1) is 13.8 Å². The minimum atomic E-state index is -0.931. The second kappa shape index (κ2) is 7.82. The van der Waals surface area contributed by atoms with E-state index in [4.69, 9.17) is 0 Å². The van der Waals surface area contributed by atoms with Crippen LogP contribution in [0.3, 0.4) is 0 Å². The van der Waals surface area contributed by atoms with E-state index in [0.29, 0.717) is 5.69 Å². The number of nitrogens with zero attached hydrogens (tertiary/aromatic N) is 1. The van der Waals surface area contributed by atoms with Crippen LogP contribution in [0.15, 0.2) is 53.3 Å². The SMILES string of the molecule is Cc1ccc(NC(=O)[C@H]2CC(=O)Nc3nc(Nc4ccc(C)cc4)[nH]c(=O)c32)cc1. The fourth-order valence-corrected chi connectivity index (χ4v) is 3.29. The Hall–Kier alpha value is -3.94. The van der Waals surface area contributed by atoms with Crippen LogP contribution in [0.4, 0.5) is 23.1 Å². The van der Waals surface area contributed by atoms with Gasteiger partial charge in [-0.05, 0) is 38.1 Å². The first-order valence-electron chi connectivity index (χ1n) is 9.54. The van der Waals surface area contributed by atoms with E-state index >= 15 is 0 Å². The molecule has 152 valence electrons. The van der Waals surface area contributed by atoms with Crippen molar-refractivity contribution in [3.8, 4) is 0 Å². The average Bonchev–Trinajstić information content (AvgIpc) is 2.70. The Labute approximate surface area is 172 Å². The number of nitrogens with one attached hydrogen (secondary N) is 4. The third-order valence-electron chi connectivity index (χ3n) is 4.90. The Kier molecular flexibility index (Phi) is 5.05. The molecule has 0 saturated heterocycles. The van der Waals surface area contributed by atoms with Crippen molar-refractivity contribution in [2.45, 2.75) is 26.2 Å². The van der Waals surface area contributed by atoms with Gasteiger partial charge in [-0.1, -0.05) is 35.4 Å². The van der Waals surface area contributed by atoms with Gasteiger partial charge in [0, 0.05) is 17.8 Å².